The number of halogens is 1. The molecule has 2 heterocycles. The van der Waals surface area contributed by atoms with Crippen LogP contribution in [0, 0.1) is 19.7 Å². The van der Waals surface area contributed by atoms with Crippen molar-refractivity contribution in [2.24, 2.45) is 0 Å². The molecule has 1 aromatic heterocycles. The standard InChI is InChI=1S/C27H35FN4/c1-18-6-8-20(9-7-18)17-29-25-16-24(23-15-21(28)14-19(2)26(23)30-25)32-12-10-22(11-13-32)31-27(3,4)5/h6-9,14-16,22,31H,10-13,17H2,1-5H3,(H,29,30). The van der Waals surface area contributed by atoms with E-state index in [1.165, 1.54) is 11.1 Å². The van der Waals surface area contributed by atoms with Gasteiger partial charge in [0, 0.05) is 48.4 Å². The van der Waals surface area contributed by atoms with Crippen molar-refractivity contribution in [2.75, 3.05) is 23.3 Å². The van der Waals surface area contributed by atoms with Crippen molar-refractivity contribution in [2.45, 2.75) is 65.6 Å². The first-order valence-corrected chi connectivity index (χ1v) is 11.6. The zero-order chi connectivity index (χ0) is 22.9. The van der Waals surface area contributed by atoms with E-state index < -0.39 is 0 Å². The summed E-state index contributed by atoms with van der Waals surface area (Å²) in [4.78, 5) is 7.24. The first kappa shape index (κ1) is 22.5. The summed E-state index contributed by atoms with van der Waals surface area (Å²) in [6.45, 7) is 13.3. The number of fused-ring (bicyclic) bond motifs is 1. The summed E-state index contributed by atoms with van der Waals surface area (Å²) in [6.07, 6.45) is 2.14. The number of aryl methyl sites for hydroxylation is 2. The summed E-state index contributed by atoms with van der Waals surface area (Å²) in [5.74, 6) is 0.625. The number of nitrogens with zero attached hydrogens (tertiary/aromatic N) is 2. The maximum absolute atomic E-state index is 14.3. The van der Waals surface area contributed by atoms with Gasteiger partial charge in [-0.05, 0) is 70.7 Å². The molecule has 2 N–H and O–H groups in total. The fourth-order valence-corrected chi connectivity index (χ4v) is 4.57. The van der Waals surface area contributed by atoms with Crippen LogP contribution in [-0.4, -0.2) is 29.7 Å². The van der Waals surface area contributed by atoms with Crippen molar-refractivity contribution < 1.29 is 4.39 Å². The Morgan fingerprint density at radius 2 is 1.72 bits per heavy atom. The molecule has 0 atom stereocenters. The first-order valence-electron chi connectivity index (χ1n) is 11.6. The minimum Gasteiger partial charge on any atom is -0.371 e. The number of rotatable bonds is 5. The quantitative estimate of drug-likeness (QED) is 0.520. The molecule has 5 heteroatoms. The summed E-state index contributed by atoms with van der Waals surface area (Å²) < 4.78 is 14.3. The SMILES string of the molecule is Cc1ccc(CNc2cc(N3CCC(NC(C)(C)C)CC3)c3cc(F)cc(C)c3n2)cc1. The van der Waals surface area contributed by atoms with Gasteiger partial charge in [-0.2, -0.15) is 0 Å². The summed E-state index contributed by atoms with van der Waals surface area (Å²) >= 11 is 0. The van der Waals surface area contributed by atoms with Gasteiger partial charge in [-0.3, -0.25) is 0 Å². The number of pyridine rings is 1. The fourth-order valence-electron chi connectivity index (χ4n) is 4.57. The Balaban J connectivity index is 1.61. The molecule has 170 valence electrons. The Morgan fingerprint density at radius 3 is 2.38 bits per heavy atom. The molecule has 4 rings (SSSR count). The lowest BCUT2D eigenvalue weighted by Gasteiger charge is -2.37. The molecule has 1 aliphatic heterocycles. The summed E-state index contributed by atoms with van der Waals surface area (Å²) in [5.41, 5.74) is 5.38. The van der Waals surface area contributed by atoms with Gasteiger partial charge < -0.3 is 15.5 Å². The third kappa shape index (κ3) is 5.39. The van der Waals surface area contributed by atoms with Gasteiger partial charge in [-0.25, -0.2) is 9.37 Å². The summed E-state index contributed by atoms with van der Waals surface area (Å²) in [7, 11) is 0. The van der Waals surface area contributed by atoms with E-state index in [0.29, 0.717) is 12.6 Å². The maximum Gasteiger partial charge on any atom is 0.129 e. The fraction of sp³-hybridized carbons (Fsp3) is 0.444. The molecule has 3 aromatic rings. The van der Waals surface area contributed by atoms with Gasteiger partial charge in [0.25, 0.3) is 0 Å². The molecule has 1 aliphatic rings. The van der Waals surface area contributed by atoms with E-state index in [4.69, 9.17) is 4.98 Å². The average Bonchev–Trinajstić information content (AvgIpc) is 2.73. The van der Waals surface area contributed by atoms with Crippen LogP contribution in [0.15, 0.2) is 42.5 Å². The predicted molar refractivity (Wildman–Crippen MR) is 133 cm³/mol. The van der Waals surface area contributed by atoms with Crippen LogP contribution in [0.4, 0.5) is 15.9 Å². The molecule has 4 nitrogen and oxygen atoms in total. The van der Waals surface area contributed by atoms with E-state index in [-0.39, 0.29) is 11.4 Å². The van der Waals surface area contributed by atoms with Crippen molar-refractivity contribution in [3.8, 4) is 0 Å². The Labute approximate surface area is 191 Å². The number of hydrogen-bond acceptors (Lipinski definition) is 4. The average molecular weight is 435 g/mol. The largest absolute Gasteiger partial charge is 0.371 e. The second kappa shape index (κ2) is 9.07. The smallest absolute Gasteiger partial charge is 0.129 e. The summed E-state index contributed by atoms with van der Waals surface area (Å²) in [6, 6.07) is 14.3. The van der Waals surface area contributed by atoms with Crippen molar-refractivity contribution >= 4 is 22.4 Å². The van der Waals surface area contributed by atoms with Gasteiger partial charge in [0.05, 0.1) is 5.52 Å². The van der Waals surface area contributed by atoms with E-state index >= 15 is 0 Å². The van der Waals surface area contributed by atoms with E-state index in [1.54, 1.807) is 12.1 Å². The van der Waals surface area contributed by atoms with Crippen LogP contribution in [0.5, 0.6) is 0 Å². The van der Waals surface area contributed by atoms with Crippen LogP contribution in [0.2, 0.25) is 0 Å². The number of aromatic nitrogens is 1. The molecular weight excluding hydrogens is 399 g/mol. The van der Waals surface area contributed by atoms with Crippen molar-refractivity contribution in [3.05, 3.63) is 65.0 Å². The molecule has 0 unspecified atom stereocenters. The monoisotopic (exact) mass is 434 g/mol. The molecule has 2 aromatic carbocycles. The second-order valence-electron chi connectivity index (χ2n) is 10.1. The van der Waals surface area contributed by atoms with Crippen molar-refractivity contribution in [1.29, 1.82) is 0 Å². The highest BCUT2D eigenvalue weighted by Gasteiger charge is 2.24. The molecule has 0 saturated carbocycles. The van der Waals surface area contributed by atoms with E-state index in [1.807, 2.05) is 6.92 Å². The molecule has 1 fully saturated rings. The van der Waals surface area contributed by atoms with Gasteiger partial charge in [0.15, 0.2) is 0 Å². The van der Waals surface area contributed by atoms with Crippen LogP contribution >= 0.6 is 0 Å². The zero-order valence-corrected chi connectivity index (χ0v) is 19.9. The highest BCUT2D eigenvalue weighted by atomic mass is 19.1. The minimum atomic E-state index is -0.206. The molecule has 32 heavy (non-hydrogen) atoms. The van der Waals surface area contributed by atoms with Crippen LogP contribution in [-0.2, 0) is 6.54 Å². The Morgan fingerprint density at radius 1 is 1.03 bits per heavy atom. The number of hydrogen-bond donors (Lipinski definition) is 2. The molecule has 0 radical (unpaired) electrons. The van der Waals surface area contributed by atoms with Crippen LogP contribution in [0.3, 0.4) is 0 Å². The van der Waals surface area contributed by atoms with E-state index in [2.05, 4.69) is 73.6 Å². The van der Waals surface area contributed by atoms with Gasteiger partial charge in [-0.15, -0.1) is 0 Å². The number of benzene rings is 2. The van der Waals surface area contributed by atoms with Gasteiger partial charge in [0.2, 0.25) is 0 Å². The molecule has 0 bridgehead atoms. The van der Waals surface area contributed by atoms with Gasteiger partial charge >= 0.3 is 0 Å². The minimum absolute atomic E-state index is 0.115. The molecule has 0 aliphatic carbocycles. The number of piperidine rings is 1. The first-order chi connectivity index (χ1) is 15.2. The lowest BCUT2D eigenvalue weighted by Crippen LogP contribution is -2.49. The van der Waals surface area contributed by atoms with Crippen molar-refractivity contribution in [1.82, 2.24) is 10.3 Å². The zero-order valence-electron chi connectivity index (χ0n) is 19.9. The molecule has 1 saturated heterocycles. The highest BCUT2D eigenvalue weighted by molar-refractivity contribution is 5.95. The Bertz CT molecular complexity index is 1080. The third-order valence-corrected chi connectivity index (χ3v) is 6.11. The highest BCUT2D eigenvalue weighted by Crippen LogP contribution is 2.33. The lowest BCUT2D eigenvalue weighted by atomic mass is 9.99. The normalized spacial score (nSPS) is 15.4. The van der Waals surface area contributed by atoms with Crippen molar-refractivity contribution in [3.63, 3.8) is 0 Å². The third-order valence-electron chi connectivity index (χ3n) is 6.11. The maximum atomic E-state index is 14.3. The second-order valence-corrected chi connectivity index (χ2v) is 10.1. The number of anilines is 2. The van der Waals surface area contributed by atoms with Crippen LogP contribution in [0.1, 0.15) is 50.3 Å². The molecular formula is C27H35FN4. The van der Waals surface area contributed by atoms with Gasteiger partial charge in [-0.1, -0.05) is 29.8 Å². The summed E-state index contributed by atoms with van der Waals surface area (Å²) in [5, 5.41) is 8.11. The van der Waals surface area contributed by atoms with Gasteiger partial charge in [0.1, 0.15) is 11.6 Å². The number of nitrogens with one attached hydrogen (secondary N) is 2. The predicted octanol–water partition coefficient (Wildman–Crippen LogP) is 5.96. The van der Waals surface area contributed by atoms with Crippen LogP contribution < -0.4 is 15.5 Å². The van der Waals surface area contributed by atoms with E-state index in [0.717, 1.165) is 53.9 Å². The Kier molecular flexibility index (Phi) is 6.38. The molecule has 0 amide bonds. The van der Waals surface area contributed by atoms with E-state index in [9.17, 15) is 4.39 Å². The van der Waals surface area contributed by atoms with Crippen LogP contribution in [0.25, 0.3) is 10.9 Å². The topological polar surface area (TPSA) is 40.2 Å². The molecule has 0 spiro atoms. The Hall–Kier alpha value is -2.66. The lowest BCUT2D eigenvalue weighted by molar-refractivity contribution is 0.317.